The highest BCUT2D eigenvalue weighted by molar-refractivity contribution is 5.83. The second-order valence-electron chi connectivity index (χ2n) is 5.73. The summed E-state index contributed by atoms with van der Waals surface area (Å²) in [5, 5.41) is 2.47. The standard InChI is InChI=1S/C19H26O2/c1-4-7-15(2)12-13-21-19(20-3)18-11-10-16-8-5-6-9-17(16)14-18/h5-6,8-11,14-15,19H,4,7,12-13H2,1-3H3. The highest BCUT2D eigenvalue weighted by Crippen LogP contribution is 2.24. The van der Waals surface area contributed by atoms with E-state index in [1.165, 1.54) is 23.6 Å². The van der Waals surface area contributed by atoms with Gasteiger partial charge in [-0.3, -0.25) is 0 Å². The van der Waals surface area contributed by atoms with E-state index in [0.717, 1.165) is 18.6 Å². The molecule has 2 nitrogen and oxygen atoms in total. The van der Waals surface area contributed by atoms with Crippen LogP contribution < -0.4 is 0 Å². The highest BCUT2D eigenvalue weighted by Gasteiger charge is 2.12. The summed E-state index contributed by atoms with van der Waals surface area (Å²) in [6.07, 6.45) is 3.31. The third-order valence-corrected chi connectivity index (χ3v) is 3.92. The van der Waals surface area contributed by atoms with Crippen LogP contribution in [0.2, 0.25) is 0 Å². The van der Waals surface area contributed by atoms with E-state index in [4.69, 9.17) is 9.47 Å². The molecule has 2 heteroatoms. The van der Waals surface area contributed by atoms with Crippen molar-refractivity contribution in [1.82, 2.24) is 0 Å². The van der Waals surface area contributed by atoms with Crippen LogP contribution in [0.15, 0.2) is 42.5 Å². The normalized spacial score (nSPS) is 14.2. The van der Waals surface area contributed by atoms with Crippen molar-refractivity contribution in [2.24, 2.45) is 5.92 Å². The average molecular weight is 286 g/mol. The summed E-state index contributed by atoms with van der Waals surface area (Å²) in [6, 6.07) is 14.7. The van der Waals surface area contributed by atoms with Crippen LogP contribution in [0.1, 0.15) is 45.0 Å². The number of benzene rings is 2. The molecule has 2 atom stereocenters. The Morgan fingerprint density at radius 3 is 2.48 bits per heavy atom. The molecule has 0 aliphatic heterocycles. The number of fused-ring (bicyclic) bond motifs is 1. The molecule has 114 valence electrons. The summed E-state index contributed by atoms with van der Waals surface area (Å²) in [4.78, 5) is 0. The highest BCUT2D eigenvalue weighted by atomic mass is 16.7. The van der Waals surface area contributed by atoms with Crippen molar-refractivity contribution in [3.63, 3.8) is 0 Å². The second kappa shape index (κ2) is 8.16. The van der Waals surface area contributed by atoms with Gasteiger partial charge in [0, 0.05) is 12.7 Å². The molecule has 0 amide bonds. The topological polar surface area (TPSA) is 18.5 Å². The minimum Gasteiger partial charge on any atom is -0.352 e. The Bertz CT molecular complexity index is 550. The molecule has 2 aromatic rings. The van der Waals surface area contributed by atoms with Gasteiger partial charge >= 0.3 is 0 Å². The van der Waals surface area contributed by atoms with E-state index in [2.05, 4.69) is 56.3 Å². The van der Waals surface area contributed by atoms with E-state index < -0.39 is 0 Å². The summed E-state index contributed by atoms with van der Waals surface area (Å²) >= 11 is 0. The van der Waals surface area contributed by atoms with Gasteiger partial charge in [0.1, 0.15) is 0 Å². The minimum absolute atomic E-state index is 0.275. The van der Waals surface area contributed by atoms with Gasteiger partial charge < -0.3 is 9.47 Å². The van der Waals surface area contributed by atoms with Crippen LogP contribution in [-0.2, 0) is 9.47 Å². The monoisotopic (exact) mass is 286 g/mol. The van der Waals surface area contributed by atoms with E-state index in [-0.39, 0.29) is 6.29 Å². The predicted octanol–water partition coefficient (Wildman–Crippen LogP) is 5.33. The number of rotatable bonds is 8. The molecule has 0 aliphatic carbocycles. The number of ether oxygens (including phenoxy) is 2. The Morgan fingerprint density at radius 2 is 1.76 bits per heavy atom. The second-order valence-corrected chi connectivity index (χ2v) is 5.73. The Balaban J connectivity index is 1.98. The van der Waals surface area contributed by atoms with Crippen molar-refractivity contribution in [2.45, 2.75) is 39.4 Å². The predicted molar refractivity (Wildman–Crippen MR) is 88.3 cm³/mol. The van der Waals surface area contributed by atoms with Crippen LogP contribution in [0, 0.1) is 5.92 Å². The molecule has 2 unspecified atom stereocenters. The first kappa shape index (κ1) is 16.0. The smallest absolute Gasteiger partial charge is 0.183 e. The number of methoxy groups -OCH3 is 1. The molecule has 0 saturated heterocycles. The van der Waals surface area contributed by atoms with Gasteiger partial charge in [-0.1, -0.05) is 63.1 Å². The lowest BCUT2D eigenvalue weighted by Crippen LogP contribution is -2.10. The molecule has 0 heterocycles. The van der Waals surface area contributed by atoms with Gasteiger partial charge in [0.05, 0.1) is 6.61 Å². The van der Waals surface area contributed by atoms with Crippen molar-refractivity contribution >= 4 is 10.8 Å². The largest absolute Gasteiger partial charge is 0.352 e. The third-order valence-electron chi connectivity index (χ3n) is 3.92. The van der Waals surface area contributed by atoms with E-state index in [1.54, 1.807) is 7.11 Å². The molecule has 2 aromatic carbocycles. The maximum absolute atomic E-state index is 5.92. The molecule has 0 aromatic heterocycles. The van der Waals surface area contributed by atoms with Crippen molar-refractivity contribution in [3.8, 4) is 0 Å². The van der Waals surface area contributed by atoms with Crippen LogP contribution in [0.5, 0.6) is 0 Å². The van der Waals surface area contributed by atoms with Crippen LogP contribution in [-0.4, -0.2) is 13.7 Å². The van der Waals surface area contributed by atoms with Crippen LogP contribution in [0.25, 0.3) is 10.8 Å². The summed E-state index contributed by atoms with van der Waals surface area (Å²) in [6.45, 7) is 5.25. The SMILES string of the molecule is CCCC(C)CCOC(OC)c1ccc2ccccc2c1. The van der Waals surface area contributed by atoms with E-state index in [0.29, 0.717) is 5.92 Å². The van der Waals surface area contributed by atoms with Crippen molar-refractivity contribution in [1.29, 1.82) is 0 Å². The Morgan fingerprint density at radius 1 is 1.00 bits per heavy atom. The molecular weight excluding hydrogens is 260 g/mol. The van der Waals surface area contributed by atoms with Gasteiger partial charge in [-0.2, -0.15) is 0 Å². The first-order valence-electron chi connectivity index (χ1n) is 7.87. The van der Waals surface area contributed by atoms with E-state index in [9.17, 15) is 0 Å². The van der Waals surface area contributed by atoms with Gasteiger partial charge in [0.2, 0.25) is 0 Å². The van der Waals surface area contributed by atoms with Crippen molar-refractivity contribution in [3.05, 3.63) is 48.0 Å². The van der Waals surface area contributed by atoms with Gasteiger partial charge in [-0.25, -0.2) is 0 Å². The quantitative estimate of drug-likeness (QED) is 0.611. The molecule has 0 spiro atoms. The van der Waals surface area contributed by atoms with Crippen molar-refractivity contribution in [2.75, 3.05) is 13.7 Å². The average Bonchev–Trinajstić information content (AvgIpc) is 2.51. The molecule has 2 rings (SSSR count). The van der Waals surface area contributed by atoms with Crippen molar-refractivity contribution < 1.29 is 9.47 Å². The number of hydrogen-bond donors (Lipinski definition) is 0. The van der Waals surface area contributed by atoms with Gasteiger partial charge in [-0.05, 0) is 29.2 Å². The van der Waals surface area contributed by atoms with Gasteiger partial charge in [-0.15, -0.1) is 0 Å². The van der Waals surface area contributed by atoms with Crippen LogP contribution in [0.3, 0.4) is 0 Å². The molecule has 0 radical (unpaired) electrons. The molecule has 0 saturated carbocycles. The molecule has 21 heavy (non-hydrogen) atoms. The third kappa shape index (κ3) is 4.55. The van der Waals surface area contributed by atoms with Gasteiger partial charge in [0.15, 0.2) is 6.29 Å². The van der Waals surface area contributed by atoms with Crippen LogP contribution in [0.4, 0.5) is 0 Å². The zero-order chi connectivity index (χ0) is 15.1. The van der Waals surface area contributed by atoms with E-state index in [1.807, 2.05) is 0 Å². The molecule has 0 bridgehead atoms. The lowest BCUT2D eigenvalue weighted by molar-refractivity contribution is -0.130. The maximum Gasteiger partial charge on any atom is 0.183 e. The lowest BCUT2D eigenvalue weighted by Gasteiger charge is -2.18. The summed E-state index contributed by atoms with van der Waals surface area (Å²) in [5.41, 5.74) is 1.08. The zero-order valence-corrected chi connectivity index (χ0v) is 13.3. The molecular formula is C19H26O2. The first-order valence-corrected chi connectivity index (χ1v) is 7.87. The fourth-order valence-corrected chi connectivity index (χ4v) is 2.67. The Kier molecular flexibility index (Phi) is 6.21. The van der Waals surface area contributed by atoms with Gasteiger partial charge in [0.25, 0.3) is 0 Å². The van der Waals surface area contributed by atoms with Crippen LogP contribution >= 0.6 is 0 Å². The zero-order valence-electron chi connectivity index (χ0n) is 13.3. The lowest BCUT2D eigenvalue weighted by atomic mass is 10.0. The number of hydrogen-bond acceptors (Lipinski definition) is 2. The molecule has 0 aliphatic rings. The summed E-state index contributed by atoms with van der Waals surface area (Å²) in [7, 11) is 1.70. The maximum atomic E-state index is 5.92. The molecule has 0 N–H and O–H groups in total. The Labute approximate surface area is 128 Å². The Hall–Kier alpha value is -1.38. The summed E-state index contributed by atoms with van der Waals surface area (Å²) < 4.78 is 11.4. The van der Waals surface area contributed by atoms with E-state index >= 15 is 0 Å². The minimum atomic E-state index is -0.275. The first-order chi connectivity index (χ1) is 10.2. The summed E-state index contributed by atoms with van der Waals surface area (Å²) in [5.74, 6) is 0.712. The molecule has 0 fully saturated rings. The fourth-order valence-electron chi connectivity index (χ4n) is 2.67. The fraction of sp³-hybridized carbons (Fsp3) is 0.474.